The Hall–Kier alpha value is -0.120. The van der Waals surface area contributed by atoms with Gasteiger partial charge in [-0.1, -0.05) is 13.8 Å². The minimum absolute atomic E-state index is 0.634. The standard InChI is InChI=1S/C11H25N3/c1-11(2)13-5-3-4-8-14-9-6-12-7-10-14/h11-13H,3-10H2,1-2H3. The zero-order valence-corrected chi connectivity index (χ0v) is 9.68. The number of hydrogen-bond donors (Lipinski definition) is 2. The fourth-order valence-electron chi connectivity index (χ4n) is 1.79. The fourth-order valence-corrected chi connectivity index (χ4v) is 1.79. The zero-order valence-electron chi connectivity index (χ0n) is 9.68. The minimum Gasteiger partial charge on any atom is -0.315 e. The van der Waals surface area contributed by atoms with Crippen molar-refractivity contribution in [3.05, 3.63) is 0 Å². The lowest BCUT2D eigenvalue weighted by atomic mass is 10.2. The second-order valence-corrected chi connectivity index (χ2v) is 4.41. The van der Waals surface area contributed by atoms with Crippen LogP contribution in [0.4, 0.5) is 0 Å². The molecule has 0 amide bonds. The van der Waals surface area contributed by atoms with E-state index in [1.165, 1.54) is 52.1 Å². The summed E-state index contributed by atoms with van der Waals surface area (Å²) in [4.78, 5) is 2.56. The van der Waals surface area contributed by atoms with Crippen LogP contribution in [-0.4, -0.2) is 50.2 Å². The van der Waals surface area contributed by atoms with Crippen molar-refractivity contribution >= 4 is 0 Å². The molecule has 1 heterocycles. The van der Waals surface area contributed by atoms with Gasteiger partial charge >= 0.3 is 0 Å². The molecule has 0 unspecified atom stereocenters. The Bertz CT molecular complexity index is 130. The number of nitrogens with one attached hydrogen (secondary N) is 2. The first kappa shape index (κ1) is 12.0. The van der Waals surface area contributed by atoms with Gasteiger partial charge in [0.05, 0.1) is 0 Å². The molecule has 0 aromatic carbocycles. The molecule has 3 nitrogen and oxygen atoms in total. The highest BCUT2D eigenvalue weighted by Crippen LogP contribution is 1.96. The minimum atomic E-state index is 0.634. The molecule has 1 saturated heterocycles. The van der Waals surface area contributed by atoms with E-state index in [4.69, 9.17) is 0 Å². The van der Waals surface area contributed by atoms with Gasteiger partial charge in [0.25, 0.3) is 0 Å². The first-order valence-corrected chi connectivity index (χ1v) is 5.95. The Labute approximate surface area is 88.2 Å². The highest BCUT2D eigenvalue weighted by atomic mass is 15.2. The Morgan fingerprint density at radius 3 is 2.57 bits per heavy atom. The molecule has 0 aliphatic carbocycles. The quantitative estimate of drug-likeness (QED) is 0.616. The van der Waals surface area contributed by atoms with Crippen LogP contribution >= 0.6 is 0 Å². The molecule has 3 heteroatoms. The molecule has 84 valence electrons. The lowest BCUT2D eigenvalue weighted by molar-refractivity contribution is 0.236. The van der Waals surface area contributed by atoms with Gasteiger partial charge in [0.1, 0.15) is 0 Å². The van der Waals surface area contributed by atoms with E-state index in [1.807, 2.05) is 0 Å². The van der Waals surface area contributed by atoms with Gasteiger partial charge in [-0.05, 0) is 25.9 Å². The Balaban J connectivity index is 1.87. The molecule has 1 aliphatic rings. The van der Waals surface area contributed by atoms with Crippen LogP contribution in [0.5, 0.6) is 0 Å². The van der Waals surface area contributed by atoms with Crippen LogP contribution in [0.1, 0.15) is 26.7 Å². The summed E-state index contributed by atoms with van der Waals surface area (Å²) in [7, 11) is 0. The molecule has 0 aromatic heterocycles. The maximum Gasteiger partial charge on any atom is 0.0107 e. The van der Waals surface area contributed by atoms with Crippen molar-refractivity contribution in [1.82, 2.24) is 15.5 Å². The molecule has 1 aliphatic heterocycles. The van der Waals surface area contributed by atoms with Gasteiger partial charge in [-0.25, -0.2) is 0 Å². The van der Waals surface area contributed by atoms with Crippen LogP contribution in [-0.2, 0) is 0 Å². The van der Waals surface area contributed by atoms with Crippen molar-refractivity contribution in [2.45, 2.75) is 32.7 Å². The van der Waals surface area contributed by atoms with Crippen LogP contribution < -0.4 is 10.6 Å². The molecular weight excluding hydrogens is 174 g/mol. The summed E-state index contributed by atoms with van der Waals surface area (Å²) in [6, 6.07) is 0.634. The first-order valence-electron chi connectivity index (χ1n) is 5.95. The second-order valence-electron chi connectivity index (χ2n) is 4.41. The van der Waals surface area contributed by atoms with E-state index in [1.54, 1.807) is 0 Å². The molecular formula is C11H25N3. The first-order chi connectivity index (χ1) is 6.79. The van der Waals surface area contributed by atoms with Crippen LogP contribution in [0.3, 0.4) is 0 Å². The number of hydrogen-bond acceptors (Lipinski definition) is 3. The third kappa shape index (κ3) is 5.58. The monoisotopic (exact) mass is 199 g/mol. The molecule has 0 saturated carbocycles. The van der Waals surface area contributed by atoms with E-state index < -0.39 is 0 Å². The van der Waals surface area contributed by atoms with Crippen molar-refractivity contribution in [2.75, 3.05) is 39.3 Å². The van der Waals surface area contributed by atoms with Gasteiger partial charge in [0.2, 0.25) is 0 Å². The van der Waals surface area contributed by atoms with Gasteiger partial charge in [-0.3, -0.25) is 0 Å². The molecule has 0 bridgehead atoms. The second kappa shape index (κ2) is 7.21. The molecule has 0 spiro atoms. The molecule has 2 N–H and O–H groups in total. The van der Waals surface area contributed by atoms with E-state index in [2.05, 4.69) is 29.4 Å². The van der Waals surface area contributed by atoms with Gasteiger partial charge in [0.15, 0.2) is 0 Å². The summed E-state index contributed by atoms with van der Waals surface area (Å²) >= 11 is 0. The topological polar surface area (TPSA) is 27.3 Å². The maximum atomic E-state index is 3.45. The van der Waals surface area contributed by atoms with E-state index in [-0.39, 0.29) is 0 Å². The van der Waals surface area contributed by atoms with E-state index in [0.29, 0.717) is 6.04 Å². The summed E-state index contributed by atoms with van der Waals surface area (Å²) in [5, 5.41) is 6.83. The predicted molar refractivity (Wildman–Crippen MR) is 61.7 cm³/mol. The lowest BCUT2D eigenvalue weighted by Gasteiger charge is -2.27. The highest BCUT2D eigenvalue weighted by Gasteiger charge is 2.07. The molecule has 1 rings (SSSR count). The van der Waals surface area contributed by atoms with Crippen molar-refractivity contribution in [3.63, 3.8) is 0 Å². The molecule has 1 fully saturated rings. The molecule has 0 atom stereocenters. The smallest absolute Gasteiger partial charge is 0.0107 e. The molecule has 0 aromatic rings. The van der Waals surface area contributed by atoms with Crippen LogP contribution in [0.15, 0.2) is 0 Å². The lowest BCUT2D eigenvalue weighted by Crippen LogP contribution is -2.43. The third-order valence-corrected chi connectivity index (χ3v) is 2.66. The maximum absolute atomic E-state index is 3.45. The Morgan fingerprint density at radius 1 is 1.21 bits per heavy atom. The van der Waals surface area contributed by atoms with Crippen molar-refractivity contribution < 1.29 is 0 Å². The van der Waals surface area contributed by atoms with Gasteiger partial charge in [-0.2, -0.15) is 0 Å². The number of rotatable bonds is 6. The summed E-state index contributed by atoms with van der Waals surface area (Å²) in [6.07, 6.45) is 2.64. The molecule has 0 radical (unpaired) electrons. The van der Waals surface area contributed by atoms with Crippen LogP contribution in [0.25, 0.3) is 0 Å². The number of unbranched alkanes of at least 4 members (excludes halogenated alkanes) is 1. The summed E-state index contributed by atoms with van der Waals surface area (Å²) in [5.74, 6) is 0. The number of piperazine rings is 1. The Morgan fingerprint density at radius 2 is 1.93 bits per heavy atom. The van der Waals surface area contributed by atoms with Gasteiger partial charge < -0.3 is 15.5 Å². The summed E-state index contributed by atoms with van der Waals surface area (Å²) in [5.41, 5.74) is 0. The van der Waals surface area contributed by atoms with Crippen molar-refractivity contribution in [2.24, 2.45) is 0 Å². The average molecular weight is 199 g/mol. The SMILES string of the molecule is CC(C)NCCCCN1CCNCC1. The normalized spacial score (nSPS) is 19.1. The average Bonchev–Trinajstić information content (AvgIpc) is 2.18. The van der Waals surface area contributed by atoms with Crippen molar-refractivity contribution in [1.29, 1.82) is 0 Å². The third-order valence-electron chi connectivity index (χ3n) is 2.66. The predicted octanol–water partition coefficient (Wildman–Crippen LogP) is 0.670. The van der Waals surface area contributed by atoms with Crippen molar-refractivity contribution in [3.8, 4) is 0 Å². The highest BCUT2D eigenvalue weighted by molar-refractivity contribution is 4.67. The van der Waals surface area contributed by atoms with Gasteiger partial charge in [0, 0.05) is 32.2 Å². The van der Waals surface area contributed by atoms with E-state index in [9.17, 15) is 0 Å². The summed E-state index contributed by atoms with van der Waals surface area (Å²) < 4.78 is 0. The summed E-state index contributed by atoms with van der Waals surface area (Å²) in [6.45, 7) is 11.7. The molecule has 14 heavy (non-hydrogen) atoms. The Kier molecular flexibility index (Phi) is 6.15. The van der Waals surface area contributed by atoms with Gasteiger partial charge in [-0.15, -0.1) is 0 Å². The largest absolute Gasteiger partial charge is 0.315 e. The zero-order chi connectivity index (χ0) is 10.2. The fraction of sp³-hybridized carbons (Fsp3) is 1.00. The number of nitrogens with zero attached hydrogens (tertiary/aromatic N) is 1. The van der Waals surface area contributed by atoms with E-state index in [0.717, 1.165) is 0 Å². The van der Waals surface area contributed by atoms with Crippen LogP contribution in [0.2, 0.25) is 0 Å². The van der Waals surface area contributed by atoms with E-state index >= 15 is 0 Å². The van der Waals surface area contributed by atoms with Crippen LogP contribution in [0, 0.1) is 0 Å².